The largest absolute Gasteiger partial charge is 0.487 e. The molecule has 6 unspecified atom stereocenters. The molecule has 1 amide bonds. The molecule has 1 fully saturated rings. The molecule has 4 aromatic rings. The van der Waals surface area contributed by atoms with Crippen LogP contribution in [0.2, 0.25) is 0 Å². The van der Waals surface area contributed by atoms with E-state index in [-0.39, 0.29) is 77.2 Å². The van der Waals surface area contributed by atoms with Gasteiger partial charge in [0.05, 0.1) is 37.1 Å². The maximum absolute atomic E-state index is 15.0. The lowest BCUT2D eigenvalue weighted by atomic mass is 9.55. The second-order valence-electron chi connectivity index (χ2n) is 17.7. The van der Waals surface area contributed by atoms with Crippen LogP contribution in [-0.4, -0.2) is 90.2 Å². The molecule has 14 heteroatoms. The summed E-state index contributed by atoms with van der Waals surface area (Å²) in [5.74, 6) is 0.313. The van der Waals surface area contributed by atoms with E-state index in [1.165, 1.54) is 0 Å². The summed E-state index contributed by atoms with van der Waals surface area (Å²) in [7, 11) is 0. The Labute approximate surface area is 399 Å². The average Bonchev–Trinajstić information content (AvgIpc) is 3.83. The third-order valence-corrected chi connectivity index (χ3v) is 13.2. The van der Waals surface area contributed by atoms with Gasteiger partial charge in [0.1, 0.15) is 37.4 Å². The van der Waals surface area contributed by atoms with E-state index in [9.17, 15) is 10.2 Å². The summed E-state index contributed by atoms with van der Waals surface area (Å²) in [6, 6.07) is 26.5. The van der Waals surface area contributed by atoms with Crippen LogP contribution < -0.4 is 18.9 Å². The molecule has 2 N–H and O–H groups in total. The number of nitrogens with zero attached hydrogens (tertiary/aromatic N) is 3. The molecule has 6 atom stereocenters. The van der Waals surface area contributed by atoms with Gasteiger partial charge in [-0.1, -0.05) is 72.6 Å². The zero-order valence-corrected chi connectivity index (χ0v) is 39.3. The summed E-state index contributed by atoms with van der Waals surface area (Å²) in [5.41, 5.74) is 6.08. The predicted molar refractivity (Wildman–Crippen MR) is 255 cm³/mol. The minimum absolute atomic E-state index is 0.000623. The van der Waals surface area contributed by atoms with Gasteiger partial charge in [0.2, 0.25) is 12.6 Å². The van der Waals surface area contributed by atoms with Crippen LogP contribution in [0.3, 0.4) is 0 Å². The minimum Gasteiger partial charge on any atom is -0.487 e. The van der Waals surface area contributed by atoms with Crippen molar-refractivity contribution in [3.8, 4) is 23.0 Å². The number of oxime groups is 1. The molecule has 3 heterocycles. The van der Waals surface area contributed by atoms with Gasteiger partial charge in [0, 0.05) is 43.4 Å². The lowest BCUT2D eigenvalue weighted by molar-refractivity contribution is -0.256. The summed E-state index contributed by atoms with van der Waals surface area (Å²) < 4.78 is 44.6. The molecule has 1 aromatic heterocycles. The molecule has 68 heavy (non-hydrogen) atoms. The van der Waals surface area contributed by atoms with E-state index in [1.54, 1.807) is 11.0 Å². The van der Waals surface area contributed by atoms with Gasteiger partial charge in [-0.3, -0.25) is 9.88 Å². The zero-order chi connectivity index (χ0) is 47.3. The van der Waals surface area contributed by atoms with E-state index < -0.39 is 23.8 Å². The van der Waals surface area contributed by atoms with Crippen molar-refractivity contribution < 1.29 is 53.0 Å². The fraction of sp³-hybridized carbons (Fsp3) is 0.463. The first kappa shape index (κ1) is 48.5. The Hall–Kier alpha value is -5.93. The number of carbonyl (C=O) groups is 1. The highest BCUT2D eigenvalue weighted by Gasteiger charge is 2.65. The molecule has 0 spiro atoms. The van der Waals surface area contributed by atoms with E-state index in [0.29, 0.717) is 54.8 Å². The Balaban J connectivity index is 1.25. The van der Waals surface area contributed by atoms with E-state index in [2.05, 4.69) is 23.7 Å². The van der Waals surface area contributed by atoms with E-state index in [0.717, 1.165) is 59.3 Å². The van der Waals surface area contributed by atoms with Crippen LogP contribution in [-0.2, 0) is 38.8 Å². The molecular weight excluding hydrogens is 867 g/mol. The van der Waals surface area contributed by atoms with Crippen molar-refractivity contribution in [1.29, 1.82) is 0 Å². The molecular formula is C54H65N3O11. The third kappa shape index (κ3) is 11.2. The topological polar surface area (TPSA) is 160 Å². The first-order chi connectivity index (χ1) is 33.3. The molecule has 0 bridgehead atoms. The molecule has 3 aromatic carbocycles. The number of hydrogen-bond acceptors (Lipinski definition) is 13. The fourth-order valence-corrected chi connectivity index (χ4v) is 10.3. The van der Waals surface area contributed by atoms with Crippen molar-refractivity contribution in [3.05, 3.63) is 137 Å². The Morgan fingerprint density at radius 3 is 2.51 bits per heavy atom. The molecule has 2 aliphatic heterocycles. The van der Waals surface area contributed by atoms with Crippen LogP contribution in [0.25, 0.3) is 0 Å². The number of unbranched alkanes of at least 4 members (excludes halogenated alkanes) is 2. The number of rotatable bonds is 24. The quantitative estimate of drug-likeness (QED) is 0.0390. The van der Waals surface area contributed by atoms with Gasteiger partial charge in [-0.15, -0.1) is 6.58 Å². The molecule has 8 rings (SSSR count). The fourth-order valence-electron chi connectivity index (χ4n) is 10.3. The second kappa shape index (κ2) is 23.4. The molecule has 0 radical (unpaired) electrons. The average molecular weight is 932 g/mol. The summed E-state index contributed by atoms with van der Waals surface area (Å²) in [6.45, 7) is 9.58. The highest BCUT2D eigenvalue weighted by atomic mass is 16.7. The summed E-state index contributed by atoms with van der Waals surface area (Å²) in [4.78, 5) is 27.3. The van der Waals surface area contributed by atoms with Crippen molar-refractivity contribution >= 4 is 11.8 Å². The number of allylic oxidation sites excluding steroid dienone is 1. The van der Waals surface area contributed by atoms with Crippen LogP contribution in [0, 0.1) is 24.7 Å². The SMILES string of the molecule is C=CCOC12Oc3ccc(OCc4cccc(C)n4)cc3C3C(CCCCO)C(CCCCO)C=C(C(=NOCC)CC1N(Cc1ccc4c(c1)OCO4)C(=O)OCCOCc1ccccc1)C32. The van der Waals surface area contributed by atoms with Crippen molar-refractivity contribution in [1.82, 2.24) is 9.88 Å². The van der Waals surface area contributed by atoms with Crippen molar-refractivity contribution in [2.75, 3.05) is 46.4 Å². The van der Waals surface area contributed by atoms with Crippen LogP contribution in [0.1, 0.15) is 85.9 Å². The smallest absolute Gasteiger partial charge is 0.410 e. The van der Waals surface area contributed by atoms with E-state index >= 15 is 4.79 Å². The number of benzene rings is 3. The maximum Gasteiger partial charge on any atom is 0.410 e. The van der Waals surface area contributed by atoms with Crippen molar-refractivity contribution in [2.24, 2.45) is 22.9 Å². The molecule has 0 saturated heterocycles. The number of aliphatic hydroxyl groups is 2. The van der Waals surface area contributed by atoms with Gasteiger partial charge >= 0.3 is 6.09 Å². The number of aryl methyl sites for hydroxylation is 1. The summed E-state index contributed by atoms with van der Waals surface area (Å²) >= 11 is 0. The Morgan fingerprint density at radius 2 is 1.72 bits per heavy atom. The maximum atomic E-state index is 15.0. The zero-order valence-electron chi connectivity index (χ0n) is 39.3. The first-order valence-electron chi connectivity index (χ1n) is 24.0. The number of carbonyl (C=O) groups excluding carboxylic acids is 1. The number of hydrogen-bond donors (Lipinski definition) is 2. The monoisotopic (exact) mass is 931 g/mol. The summed E-state index contributed by atoms with van der Waals surface area (Å²) in [5, 5.41) is 24.8. The lowest BCUT2D eigenvalue weighted by Gasteiger charge is -2.59. The lowest BCUT2D eigenvalue weighted by Crippen LogP contribution is -2.70. The molecule has 2 aliphatic carbocycles. The van der Waals surface area contributed by atoms with Gasteiger partial charge in [-0.05, 0) is 111 Å². The number of fused-ring (bicyclic) bond motifs is 3. The van der Waals surface area contributed by atoms with Crippen molar-refractivity contribution in [3.63, 3.8) is 0 Å². The van der Waals surface area contributed by atoms with Gasteiger partial charge in [-0.25, -0.2) is 4.79 Å². The Kier molecular flexibility index (Phi) is 16.7. The van der Waals surface area contributed by atoms with Crippen LogP contribution in [0.4, 0.5) is 4.79 Å². The number of aliphatic hydroxyl groups excluding tert-OH is 2. The molecule has 362 valence electrons. The Bertz CT molecular complexity index is 2380. The van der Waals surface area contributed by atoms with E-state index in [4.69, 9.17) is 43.2 Å². The second-order valence-corrected chi connectivity index (χ2v) is 17.7. The van der Waals surface area contributed by atoms with Crippen molar-refractivity contribution in [2.45, 2.75) is 96.3 Å². The van der Waals surface area contributed by atoms with Gasteiger partial charge < -0.3 is 48.2 Å². The van der Waals surface area contributed by atoms with Gasteiger partial charge in [0.25, 0.3) is 0 Å². The molecule has 14 nitrogen and oxygen atoms in total. The van der Waals surface area contributed by atoms with Crippen LogP contribution in [0.5, 0.6) is 23.0 Å². The standard InChI is InChI=1S/C54H65N3O11/c1-4-26-66-54-50(57(33-39-20-22-48-49(29-39)65-36-64-48)53(60)62-28-27-61-34-38-15-7-6-8-16-38)32-46(56-67-5-2)44-30-40(17-9-11-24-58)43(19-10-12-25-59)51(52(44)54)45-31-42(21-23-47(45)68-54)63-35-41-18-13-14-37(3)55-41/h4,6-8,13-16,18,20-23,29-31,40,43,50-52,58-59H,1,5,9-12,17,19,24-28,32-36H2,2-3H3. The highest BCUT2D eigenvalue weighted by Crippen LogP contribution is 2.62. The first-order valence-corrected chi connectivity index (χ1v) is 24.0. The normalized spacial score (nSPS) is 22.6. The van der Waals surface area contributed by atoms with Crippen LogP contribution >= 0.6 is 0 Å². The van der Waals surface area contributed by atoms with Crippen LogP contribution in [0.15, 0.2) is 114 Å². The Morgan fingerprint density at radius 1 is 0.912 bits per heavy atom. The number of ether oxygens (including phenoxy) is 7. The third-order valence-electron chi connectivity index (χ3n) is 13.2. The molecule has 1 saturated carbocycles. The number of amides is 1. The summed E-state index contributed by atoms with van der Waals surface area (Å²) in [6.07, 6.45) is 8.18. The van der Waals surface area contributed by atoms with E-state index in [1.807, 2.05) is 92.7 Å². The molecule has 4 aliphatic rings. The van der Waals surface area contributed by atoms with Gasteiger partial charge in [-0.2, -0.15) is 0 Å². The number of aromatic nitrogens is 1. The predicted octanol–water partition coefficient (Wildman–Crippen LogP) is 9.21. The minimum atomic E-state index is -1.50. The number of pyridine rings is 1. The van der Waals surface area contributed by atoms with Gasteiger partial charge in [0.15, 0.2) is 11.5 Å². The highest BCUT2D eigenvalue weighted by molar-refractivity contribution is 6.03.